The van der Waals surface area contributed by atoms with Crippen molar-refractivity contribution in [2.45, 2.75) is 38.5 Å². The topological polar surface area (TPSA) is 73.1 Å². The highest BCUT2D eigenvalue weighted by molar-refractivity contribution is 5.33. The molecule has 4 atom stereocenters. The maximum Gasteiger partial charge on any atom is 0.223 e. The number of hydrogen-bond acceptors (Lipinski definition) is 5. The van der Waals surface area contributed by atoms with E-state index in [0.29, 0.717) is 11.9 Å². The van der Waals surface area contributed by atoms with Crippen LogP contribution in [0.4, 0.5) is 5.95 Å². The third-order valence-electron chi connectivity index (χ3n) is 3.72. The van der Waals surface area contributed by atoms with Crippen molar-refractivity contribution in [1.29, 1.82) is 0 Å². The van der Waals surface area contributed by atoms with Crippen LogP contribution in [0, 0.1) is 19.8 Å². The standard InChI is InChI=1S/C12H18N4O/c1-6-5-7(2)15-12(14-6)16-10-9(13)8-3-4-17-11(8)10/h5,8-11H,3-4,13H2,1-2H3,(H,14,15,16). The maximum atomic E-state index is 6.13. The fourth-order valence-corrected chi connectivity index (χ4v) is 2.87. The lowest BCUT2D eigenvalue weighted by atomic mass is 9.72. The number of fused-ring (bicyclic) bond motifs is 1. The fraction of sp³-hybridized carbons (Fsp3) is 0.667. The molecule has 4 unspecified atom stereocenters. The Kier molecular flexibility index (Phi) is 2.52. The Morgan fingerprint density at radius 3 is 2.76 bits per heavy atom. The smallest absolute Gasteiger partial charge is 0.223 e. The van der Waals surface area contributed by atoms with Crippen molar-refractivity contribution in [2.24, 2.45) is 11.7 Å². The summed E-state index contributed by atoms with van der Waals surface area (Å²) in [7, 11) is 0. The Labute approximate surface area is 101 Å². The first-order chi connectivity index (χ1) is 8.15. The molecule has 1 aliphatic heterocycles. The maximum absolute atomic E-state index is 6.13. The van der Waals surface area contributed by atoms with Gasteiger partial charge in [0.05, 0.1) is 12.1 Å². The number of ether oxygens (including phenoxy) is 1. The minimum atomic E-state index is 0.156. The minimum Gasteiger partial charge on any atom is -0.376 e. The lowest BCUT2D eigenvalue weighted by Gasteiger charge is -2.45. The summed E-state index contributed by atoms with van der Waals surface area (Å²) in [4.78, 5) is 8.74. The summed E-state index contributed by atoms with van der Waals surface area (Å²) in [6, 6.07) is 2.27. The van der Waals surface area contributed by atoms with E-state index in [2.05, 4.69) is 15.3 Å². The van der Waals surface area contributed by atoms with E-state index in [1.165, 1.54) is 0 Å². The quantitative estimate of drug-likeness (QED) is 0.784. The number of nitrogens with zero attached hydrogens (tertiary/aromatic N) is 2. The molecule has 0 amide bonds. The first-order valence-electron chi connectivity index (χ1n) is 6.11. The summed E-state index contributed by atoms with van der Waals surface area (Å²) in [6.45, 7) is 4.76. The Hall–Kier alpha value is -1.20. The third kappa shape index (κ3) is 1.79. The number of aromatic nitrogens is 2. The minimum absolute atomic E-state index is 0.156. The van der Waals surface area contributed by atoms with Crippen molar-refractivity contribution in [3.05, 3.63) is 17.5 Å². The molecule has 1 saturated heterocycles. The second-order valence-electron chi connectivity index (χ2n) is 5.01. The predicted molar refractivity (Wildman–Crippen MR) is 64.7 cm³/mol. The zero-order valence-electron chi connectivity index (χ0n) is 10.2. The van der Waals surface area contributed by atoms with E-state index in [-0.39, 0.29) is 18.2 Å². The van der Waals surface area contributed by atoms with Gasteiger partial charge in [-0.15, -0.1) is 0 Å². The van der Waals surface area contributed by atoms with E-state index < -0.39 is 0 Å². The lowest BCUT2D eigenvalue weighted by Crippen LogP contribution is -2.65. The molecule has 2 heterocycles. The highest BCUT2D eigenvalue weighted by Gasteiger charge is 2.52. The zero-order chi connectivity index (χ0) is 12.0. The Morgan fingerprint density at radius 2 is 2.06 bits per heavy atom. The molecular weight excluding hydrogens is 216 g/mol. The molecule has 0 spiro atoms. The third-order valence-corrected chi connectivity index (χ3v) is 3.72. The van der Waals surface area contributed by atoms with Crippen molar-refractivity contribution in [3.8, 4) is 0 Å². The monoisotopic (exact) mass is 234 g/mol. The van der Waals surface area contributed by atoms with E-state index in [4.69, 9.17) is 10.5 Å². The molecule has 2 fully saturated rings. The van der Waals surface area contributed by atoms with Crippen molar-refractivity contribution >= 4 is 5.95 Å². The summed E-state index contributed by atoms with van der Waals surface area (Å²) in [5.74, 6) is 1.18. The molecule has 1 aromatic heterocycles. The van der Waals surface area contributed by atoms with Gasteiger partial charge >= 0.3 is 0 Å². The van der Waals surface area contributed by atoms with Gasteiger partial charge in [0.2, 0.25) is 5.95 Å². The van der Waals surface area contributed by atoms with Gasteiger partial charge in [0.1, 0.15) is 0 Å². The Morgan fingerprint density at radius 1 is 1.35 bits per heavy atom. The van der Waals surface area contributed by atoms with Gasteiger partial charge in [-0.05, 0) is 26.3 Å². The van der Waals surface area contributed by atoms with Gasteiger partial charge in [-0.1, -0.05) is 0 Å². The number of nitrogens with two attached hydrogens (primary N) is 1. The van der Waals surface area contributed by atoms with Crippen LogP contribution in [0.1, 0.15) is 17.8 Å². The van der Waals surface area contributed by atoms with E-state index in [1.54, 1.807) is 0 Å². The molecule has 0 aromatic carbocycles. The highest BCUT2D eigenvalue weighted by atomic mass is 16.5. The Bertz CT molecular complexity index is 416. The van der Waals surface area contributed by atoms with Gasteiger partial charge < -0.3 is 15.8 Å². The van der Waals surface area contributed by atoms with Crippen LogP contribution in [0.15, 0.2) is 6.07 Å². The van der Waals surface area contributed by atoms with Crippen LogP contribution in [0.5, 0.6) is 0 Å². The van der Waals surface area contributed by atoms with E-state index in [1.807, 2.05) is 19.9 Å². The average Bonchev–Trinajstić information content (AvgIpc) is 2.69. The first-order valence-corrected chi connectivity index (χ1v) is 6.11. The summed E-state index contributed by atoms with van der Waals surface area (Å²) in [5, 5.41) is 3.31. The summed E-state index contributed by atoms with van der Waals surface area (Å²) >= 11 is 0. The van der Waals surface area contributed by atoms with Crippen LogP contribution in [-0.4, -0.2) is 34.8 Å². The normalized spacial score (nSPS) is 35.2. The van der Waals surface area contributed by atoms with Crippen LogP contribution in [0.25, 0.3) is 0 Å². The van der Waals surface area contributed by atoms with Crippen LogP contribution >= 0.6 is 0 Å². The summed E-state index contributed by atoms with van der Waals surface area (Å²) in [5.41, 5.74) is 8.07. The van der Waals surface area contributed by atoms with Crippen LogP contribution in [0.3, 0.4) is 0 Å². The molecule has 1 aliphatic carbocycles. The molecule has 5 heteroatoms. The molecule has 0 radical (unpaired) electrons. The molecule has 0 bridgehead atoms. The molecule has 1 aromatic rings. The molecule has 3 rings (SSSR count). The average molecular weight is 234 g/mol. The number of anilines is 1. The number of aryl methyl sites for hydroxylation is 2. The Balaban J connectivity index is 1.74. The van der Waals surface area contributed by atoms with Gasteiger partial charge in [0, 0.05) is 30.0 Å². The van der Waals surface area contributed by atoms with Crippen LogP contribution < -0.4 is 11.1 Å². The zero-order valence-corrected chi connectivity index (χ0v) is 10.2. The van der Waals surface area contributed by atoms with Gasteiger partial charge in [0.15, 0.2) is 0 Å². The van der Waals surface area contributed by atoms with Crippen molar-refractivity contribution in [3.63, 3.8) is 0 Å². The molecule has 92 valence electrons. The van der Waals surface area contributed by atoms with Crippen molar-refractivity contribution < 1.29 is 4.74 Å². The molecular formula is C12H18N4O. The van der Waals surface area contributed by atoms with E-state index >= 15 is 0 Å². The number of rotatable bonds is 2. The lowest BCUT2D eigenvalue weighted by molar-refractivity contribution is 0.00508. The second kappa shape index (κ2) is 3.92. The number of nitrogens with one attached hydrogen (secondary N) is 1. The predicted octanol–water partition coefficient (Wildman–Crippen LogP) is 0.620. The highest BCUT2D eigenvalue weighted by Crippen LogP contribution is 2.38. The van der Waals surface area contributed by atoms with Gasteiger partial charge in [-0.3, -0.25) is 0 Å². The molecule has 1 saturated carbocycles. The van der Waals surface area contributed by atoms with Gasteiger partial charge in [0.25, 0.3) is 0 Å². The van der Waals surface area contributed by atoms with Crippen LogP contribution in [-0.2, 0) is 4.74 Å². The molecule has 5 nitrogen and oxygen atoms in total. The van der Waals surface area contributed by atoms with Crippen molar-refractivity contribution in [2.75, 3.05) is 11.9 Å². The first kappa shape index (κ1) is 10.9. The molecule has 17 heavy (non-hydrogen) atoms. The molecule has 3 N–H and O–H groups in total. The second-order valence-corrected chi connectivity index (χ2v) is 5.01. The van der Waals surface area contributed by atoms with E-state index in [0.717, 1.165) is 24.4 Å². The van der Waals surface area contributed by atoms with Crippen LogP contribution in [0.2, 0.25) is 0 Å². The van der Waals surface area contributed by atoms with E-state index in [9.17, 15) is 0 Å². The van der Waals surface area contributed by atoms with Gasteiger partial charge in [-0.25, -0.2) is 9.97 Å². The van der Waals surface area contributed by atoms with Crippen molar-refractivity contribution in [1.82, 2.24) is 9.97 Å². The largest absolute Gasteiger partial charge is 0.376 e. The SMILES string of the molecule is Cc1cc(C)nc(NC2C(N)C3CCOC32)n1. The van der Waals surface area contributed by atoms with Gasteiger partial charge in [-0.2, -0.15) is 0 Å². The number of hydrogen-bond donors (Lipinski definition) is 2. The fourth-order valence-electron chi connectivity index (χ4n) is 2.87. The molecule has 2 aliphatic rings. The summed E-state index contributed by atoms with van der Waals surface area (Å²) < 4.78 is 5.67. The summed E-state index contributed by atoms with van der Waals surface area (Å²) in [6.07, 6.45) is 1.33.